The predicted molar refractivity (Wildman–Crippen MR) is 144 cm³/mol. The summed E-state index contributed by atoms with van der Waals surface area (Å²) in [5.41, 5.74) is -3.38. The number of fused-ring (bicyclic) bond motifs is 5. The largest absolute Gasteiger partial charge is 0.738 e. The second-order valence-electron chi connectivity index (χ2n) is 10.4. The van der Waals surface area contributed by atoms with Crippen molar-refractivity contribution in [3.05, 3.63) is 135 Å². The molecule has 0 atom stereocenters. The van der Waals surface area contributed by atoms with Gasteiger partial charge in [-0.2, -0.15) is 0 Å². The van der Waals surface area contributed by atoms with Crippen LogP contribution < -0.4 is 15.3 Å². The van der Waals surface area contributed by atoms with E-state index in [0.29, 0.717) is 20.1 Å². The van der Waals surface area contributed by atoms with Crippen molar-refractivity contribution in [2.45, 2.75) is 0 Å². The van der Waals surface area contributed by atoms with Crippen LogP contribution in [0, 0.1) is 40.7 Å². The lowest BCUT2D eigenvalue weighted by Crippen LogP contribution is -2.56. The van der Waals surface area contributed by atoms with E-state index in [2.05, 4.69) is 0 Å². The van der Waals surface area contributed by atoms with E-state index in [4.69, 9.17) is 8.83 Å². The fourth-order valence-electron chi connectivity index (χ4n) is 5.92. The number of hydrogen-bond donors (Lipinski definition) is 0. The Morgan fingerprint density at radius 3 is 1.73 bits per heavy atom. The summed E-state index contributed by atoms with van der Waals surface area (Å²) in [4.78, 5) is 0. The zero-order valence-corrected chi connectivity index (χ0v) is 22.1. The normalized spacial score (nSPS) is 15.0. The summed E-state index contributed by atoms with van der Waals surface area (Å²) in [5, 5.41) is -0.273. The van der Waals surface area contributed by atoms with Crippen LogP contribution >= 0.6 is 0 Å². The number of hydrogen-bond acceptors (Lipinski definition) is 2. The molecule has 14 heteroatoms. The van der Waals surface area contributed by atoms with Crippen molar-refractivity contribution in [3.63, 3.8) is 0 Å². The predicted octanol–water partition coefficient (Wildman–Crippen LogP) is 7.12. The maximum absolute atomic E-state index is 16.8. The van der Waals surface area contributed by atoms with Crippen molar-refractivity contribution in [3.8, 4) is 22.6 Å². The van der Waals surface area contributed by atoms with Gasteiger partial charge in [0.15, 0.2) is 34.4 Å². The molecule has 0 aliphatic carbocycles. The maximum Gasteiger partial charge on any atom is 0.738 e. The third kappa shape index (κ3) is 3.68. The van der Waals surface area contributed by atoms with Crippen LogP contribution in [0.25, 0.3) is 45.4 Å². The van der Waals surface area contributed by atoms with Crippen LogP contribution in [0.1, 0.15) is 11.3 Å². The van der Waals surface area contributed by atoms with E-state index in [-0.39, 0.29) is 33.4 Å². The molecule has 224 valence electrons. The quantitative estimate of drug-likeness (QED) is 0.0909. The Morgan fingerprint density at radius 2 is 1.16 bits per heavy atom. The molecule has 0 saturated carbocycles. The lowest BCUT2D eigenvalue weighted by molar-refractivity contribution is 0.376. The first-order valence-corrected chi connectivity index (χ1v) is 13.2. The molecule has 0 radical (unpaired) electrons. The van der Waals surface area contributed by atoms with Crippen molar-refractivity contribution in [2.24, 2.45) is 0 Å². The molecule has 4 nitrogen and oxygen atoms in total. The van der Waals surface area contributed by atoms with Gasteiger partial charge in [-0.1, -0.05) is 0 Å². The van der Waals surface area contributed by atoms with Gasteiger partial charge in [-0.15, -0.1) is 0 Å². The molecule has 0 amide bonds. The van der Waals surface area contributed by atoms with E-state index in [1.165, 1.54) is 36.4 Å². The van der Waals surface area contributed by atoms with Gasteiger partial charge in [0.25, 0.3) is 0 Å². The summed E-state index contributed by atoms with van der Waals surface area (Å²) in [6.07, 6.45) is 1.01. The first-order valence-electron chi connectivity index (χ1n) is 13.2. The van der Waals surface area contributed by atoms with Crippen molar-refractivity contribution in [1.82, 2.24) is 8.96 Å². The molecule has 3 aromatic carbocycles. The van der Waals surface area contributed by atoms with E-state index in [1.54, 1.807) is 0 Å². The monoisotopic (exact) mass is 626 g/mol. The first kappa shape index (κ1) is 27.2. The molecule has 0 N–H and O–H groups in total. The number of furan rings is 2. The average molecular weight is 626 g/mol. The summed E-state index contributed by atoms with van der Waals surface area (Å²) in [6, 6.07) is 13.3. The second-order valence-corrected chi connectivity index (χ2v) is 10.4. The molecule has 0 spiro atoms. The highest BCUT2D eigenvalue weighted by molar-refractivity contribution is 6.65. The van der Waals surface area contributed by atoms with E-state index in [0.717, 1.165) is 36.4 Å². The molecule has 0 bridgehead atoms. The number of aromatic nitrogens is 1. The second kappa shape index (κ2) is 9.06. The van der Waals surface area contributed by atoms with Gasteiger partial charge in [0, 0.05) is 29.0 Å². The highest BCUT2D eigenvalue weighted by Crippen LogP contribution is 2.44. The highest BCUT2D eigenvalue weighted by atomic mass is 19.2. The number of nitrogens with zero attached hydrogens (tertiary/aromatic N) is 2. The van der Waals surface area contributed by atoms with Crippen LogP contribution in [-0.2, 0) is 0 Å². The Hall–Kier alpha value is -5.40. The van der Waals surface area contributed by atoms with Crippen LogP contribution in [0.4, 0.5) is 39.4 Å². The van der Waals surface area contributed by atoms with Crippen LogP contribution in [-0.4, -0.2) is 11.4 Å². The lowest BCUT2D eigenvalue weighted by Gasteiger charge is -2.31. The summed E-state index contributed by atoms with van der Waals surface area (Å²) in [6.45, 7) is -4.95. The van der Waals surface area contributed by atoms with Crippen LogP contribution in [0.5, 0.6) is 0 Å². The zero-order valence-electron chi connectivity index (χ0n) is 22.1. The molecular formula is C31H12BF9N2O2. The molecule has 0 saturated heterocycles. The Morgan fingerprint density at radius 1 is 0.622 bits per heavy atom. The minimum absolute atomic E-state index is 0.0463. The van der Waals surface area contributed by atoms with E-state index in [9.17, 15) is 22.0 Å². The van der Waals surface area contributed by atoms with Crippen LogP contribution in [0.2, 0.25) is 0 Å². The van der Waals surface area contributed by atoms with Gasteiger partial charge in [0.05, 0.1) is 28.8 Å². The number of benzene rings is 3. The third-order valence-corrected chi connectivity index (χ3v) is 7.90. The Labute approximate surface area is 244 Å². The van der Waals surface area contributed by atoms with E-state index < -0.39 is 70.2 Å². The van der Waals surface area contributed by atoms with Crippen molar-refractivity contribution in [2.75, 3.05) is 0 Å². The molecule has 45 heavy (non-hydrogen) atoms. The van der Waals surface area contributed by atoms with Gasteiger partial charge < -0.3 is 26.4 Å². The molecule has 3 aromatic heterocycles. The van der Waals surface area contributed by atoms with Crippen LogP contribution in [0.15, 0.2) is 81.3 Å². The fourth-order valence-corrected chi connectivity index (χ4v) is 5.92. The van der Waals surface area contributed by atoms with Gasteiger partial charge >= 0.3 is 6.97 Å². The minimum Gasteiger partial charge on any atom is -0.455 e. The summed E-state index contributed by atoms with van der Waals surface area (Å²) < 4.78 is 146. The van der Waals surface area contributed by atoms with Crippen molar-refractivity contribution >= 4 is 29.7 Å². The van der Waals surface area contributed by atoms with Crippen LogP contribution in [0.3, 0.4) is 0 Å². The van der Waals surface area contributed by atoms with Gasteiger partial charge in [-0.05, 0) is 48.5 Å². The van der Waals surface area contributed by atoms with Gasteiger partial charge in [-0.3, -0.25) is 0 Å². The molecule has 0 fully saturated rings. The summed E-state index contributed by atoms with van der Waals surface area (Å²) in [7, 11) is 0. The van der Waals surface area contributed by atoms with Gasteiger partial charge in [0.2, 0.25) is 11.2 Å². The molecule has 5 heterocycles. The summed E-state index contributed by atoms with van der Waals surface area (Å²) >= 11 is 0. The Bertz CT molecular complexity index is 2390. The standard InChI is InChI=1S/C31H12BF9N2O2/c33-15-5-1-13(2-6-15)21-9-17-23(44-21)11-19-25(26-27(35)29(37)31(39)30(38)28(26)36)20-12-24-18(43(20)32(40,41)42(17)19)10-22(45-24)14-3-7-16(34)8-4-14/h1-12H. The lowest BCUT2D eigenvalue weighted by atomic mass is 9.85. The third-order valence-electron chi connectivity index (χ3n) is 7.90. The fraction of sp³-hybridized carbons (Fsp3) is 0. The summed E-state index contributed by atoms with van der Waals surface area (Å²) in [5.74, 6) is -12.4. The Kier molecular flexibility index (Phi) is 5.47. The molecular weight excluding hydrogens is 614 g/mol. The minimum atomic E-state index is -4.95. The molecule has 2 aliphatic heterocycles. The molecule has 8 rings (SSSR count). The number of allylic oxidation sites excluding steroid dienone is 1. The first-order chi connectivity index (χ1) is 21.5. The number of rotatable bonds is 3. The molecule has 6 aromatic rings. The molecule has 0 unspecified atom stereocenters. The van der Waals surface area contributed by atoms with Gasteiger partial charge in [-0.25, -0.2) is 30.7 Å². The van der Waals surface area contributed by atoms with Crippen molar-refractivity contribution < 1.29 is 48.2 Å². The topological polar surface area (TPSA) is 34.2 Å². The number of halogens is 9. The highest BCUT2D eigenvalue weighted by Gasteiger charge is 2.55. The SMILES string of the molecule is Fc1ccc(-c2cc3c(o2)=CC2=C(c4c(F)c(F)c(F)c(F)c4F)c4cc5oc(-c6ccc(F)cc6)cc5n4[B-](F)(F)[N+]=32)cc1. The smallest absolute Gasteiger partial charge is 0.455 e. The maximum atomic E-state index is 16.8. The average Bonchev–Trinajstić information content (AvgIpc) is 3.77. The van der Waals surface area contributed by atoms with Gasteiger partial charge in [0.1, 0.15) is 28.7 Å². The van der Waals surface area contributed by atoms with Crippen molar-refractivity contribution in [1.29, 1.82) is 0 Å². The van der Waals surface area contributed by atoms with E-state index in [1.807, 2.05) is 0 Å². The zero-order chi connectivity index (χ0) is 31.5. The van der Waals surface area contributed by atoms with E-state index >= 15 is 17.4 Å². The Balaban J connectivity index is 1.46. The molecule has 2 aliphatic rings.